The summed E-state index contributed by atoms with van der Waals surface area (Å²) in [6, 6.07) is 10.9. The number of amides is 1. The fourth-order valence-corrected chi connectivity index (χ4v) is 4.28. The number of rotatable bonds is 7. The van der Waals surface area contributed by atoms with Crippen molar-refractivity contribution in [2.75, 3.05) is 20.8 Å². The standard InChI is InChI=1S/C28H32FN3O3/c1-19-16-32(18-30-19)25-11-8-20(14-26(25)34-4)13-21-7-6-12-31(27(21)33)17-22-9-10-23(15-24(22)29)28(2,3)35-5/h8-11,13-16,18H,6-7,12,17H2,1-5H3. The number of benzene rings is 2. The molecule has 0 unspecified atom stereocenters. The molecule has 1 aliphatic rings. The summed E-state index contributed by atoms with van der Waals surface area (Å²) >= 11 is 0. The molecule has 1 fully saturated rings. The second-order valence-electron chi connectivity index (χ2n) is 9.37. The predicted molar refractivity (Wildman–Crippen MR) is 134 cm³/mol. The highest BCUT2D eigenvalue weighted by Crippen LogP contribution is 2.29. The summed E-state index contributed by atoms with van der Waals surface area (Å²) in [5, 5.41) is 0. The van der Waals surface area contributed by atoms with E-state index in [2.05, 4.69) is 4.98 Å². The smallest absolute Gasteiger partial charge is 0.250 e. The van der Waals surface area contributed by atoms with Crippen LogP contribution in [0.3, 0.4) is 0 Å². The van der Waals surface area contributed by atoms with Gasteiger partial charge in [-0.1, -0.05) is 18.2 Å². The lowest BCUT2D eigenvalue weighted by atomic mass is 9.96. The Bertz CT molecular complexity index is 1260. The molecule has 0 spiro atoms. The van der Waals surface area contributed by atoms with Gasteiger partial charge >= 0.3 is 0 Å². The molecular weight excluding hydrogens is 445 g/mol. The van der Waals surface area contributed by atoms with E-state index in [0.717, 1.165) is 28.9 Å². The first-order chi connectivity index (χ1) is 16.7. The summed E-state index contributed by atoms with van der Waals surface area (Å²) in [4.78, 5) is 19.2. The van der Waals surface area contributed by atoms with Gasteiger partial charge in [-0.05, 0) is 69.0 Å². The van der Waals surface area contributed by atoms with Gasteiger partial charge in [-0.25, -0.2) is 9.37 Å². The molecule has 0 atom stereocenters. The Morgan fingerprint density at radius 3 is 2.63 bits per heavy atom. The molecule has 0 bridgehead atoms. The van der Waals surface area contributed by atoms with E-state index in [9.17, 15) is 9.18 Å². The zero-order valence-electron chi connectivity index (χ0n) is 21.0. The maximum atomic E-state index is 14.9. The number of halogens is 1. The zero-order valence-corrected chi connectivity index (χ0v) is 21.0. The lowest BCUT2D eigenvalue weighted by Gasteiger charge is -2.29. The van der Waals surface area contributed by atoms with Gasteiger partial charge in [0, 0.05) is 37.5 Å². The van der Waals surface area contributed by atoms with E-state index in [1.807, 2.05) is 61.9 Å². The number of aromatic nitrogens is 2. The van der Waals surface area contributed by atoms with Crippen LogP contribution < -0.4 is 4.74 Å². The second kappa shape index (κ2) is 10.0. The van der Waals surface area contributed by atoms with E-state index >= 15 is 0 Å². The average molecular weight is 478 g/mol. The van der Waals surface area contributed by atoms with Crippen LogP contribution in [0.1, 0.15) is 49.1 Å². The Morgan fingerprint density at radius 1 is 1.17 bits per heavy atom. The topological polar surface area (TPSA) is 56.6 Å². The molecule has 184 valence electrons. The third kappa shape index (κ3) is 5.30. The Labute approximate surface area is 206 Å². The van der Waals surface area contributed by atoms with E-state index < -0.39 is 5.60 Å². The summed E-state index contributed by atoms with van der Waals surface area (Å²) in [6.07, 6.45) is 7.10. The monoisotopic (exact) mass is 477 g/mol. The normalized spacial score (nSPS) is 15.7. The molecule has 35 heavy (non-hydrogen) atoms. The van der Waals surface area contributed by atoms with Crippen molar-refractivity contribution >= 4 is 12.0 Å². The van der Waals surface area contributed by atoms with Crippen LogP contribution in [0.25, 0.3) is 11.8 Å². The van der Waals surface area contributed by atoms with Crippen LogP contribution in [-0.2, 0) is 21.7 Å². The molecule has 1 saturated heterocycles. The van der Waals surface area contributed by atoms with Gasteiger partial charge in [-0.2, -0.15) is 0 Å². The van der Waals surface area contributed by atoms with Crippen molar-refractivity contribution in [3.05, 3.63) is 82.7 Å². The molecule has 0 saturated carbocycles. The number of aryl methyl sites for hydroxylation is 1. The SMILES string of the molecule is COc1cc(C=C2CCCN(Cc3ccc(C(C)(C)OC)cc3F)C2=O)ccc1-n1cnc(C)c1. The highest BCUT2D eigenvalue weighted by molar-refractivity contribution is 5.98. The van der Waals surface area contributed by atoms with E-state index in [1.54, 1.807) is 31.5 Å². The van der Waals surface area contributed by atoms with E-state index in [0.29, 0.717) is 29.9 Å². The molecule has 2 aromatic carbocycles. The van der Waals surface area contributed by atoms with Gasteiger partial charge in [0.05, 0.1) is 30.4 Å². The molecule has 1 aliphatic heterocycles. The number of imidazole rings is 1. The third-order valence-electron chi connectivity index (χ3n) is 6.59. The molecule has 1 amide bonds. The van der Waals surface area contributed by atoms with Gasteiger partial charge in [-0.15, -0.1) is 0 Å². The van der Waals surface area contributed by atoms with E-state index in [-0.39, 0.29) is 18.3 Å². The zero-order chi connectivity index (χ0) is 25.2. The number of hydrogen-bond donors (Lipinski definition) is 0. The second-order valence-corrected chi connectivity index (χ2v) is 9.37. The summed E-state index contributed by atoms with van der Waals surface area (Å²) in [5.74, 6) is 0.301. The molecule has 0 N–H and O–H groups in total. The lowest BCUT2D eigenvalue weighted by molar-refractivity contribution is -0.129. The summed E-state index contributed by atoms with van der Waals surface area (Å²) in [7, 11) is 3.23. The third-order valence-corrected chi connectivity index (χ3v) is 6.59. The Hall–Kier alpha value is -3.45. The summed E-state index contributed by atoms with van der Waals surface area (Å²) in [6.45, 7) is 6.55. The lowest BCUT2D eigenvalue weighted by Crippen LogP contribution is -2.36. The first-order valence-corrected chi connectivity index (χ1v) is 11.7. The molecule has 0 aliphatic carbocycles. The quantitative estimate of drug-likeness (QED) is 0.427. The van der Waals surface area contributed by atoms with Crippen LogP contribution >= 0.6 is 0 Å². The fraction of sp³-hybridized carbons (Fsp3) is 0.357. The molecule has 1 aromatic heterocycles. The number of ether oxygens (including phenoxy) is 2. The van der Waals surface area contributed by atoms with Crippen LogP contribution in [0, 0.1) is 12.7 Å². The van der Waals surface area contributed by atoms with Crippen molar-refractivity contribution < 1.29 is 18.7 Å². The molecule has 0 radical (unpaired) electrons. The first kappa shape index (κ1) is 24.7. The number of likely N-dealkylation sites (tertiary alicyclic amines) is 1. The molecule has 3 aromatic rings. The average Bonchev–Trinajstić information content (AvgIpc) is 3.28. The molecule has 2 heterocycles. The maximum absolute atomic E-state index is 14.9. The summed E-state index contributed by atoms with van der Waals surface area (Å²) in [5.41, 5.74) is 4.06. The minimum absolute atomic E-state index is 0.0646. The van der Waals surface area contributed by atoms with Crippen LogP contribution in [0.15, 0.2) is 54.5 Å². The Kier molecular flexibility index (Phi) is 7.08. The van der Waals surface area contributed by atoms with Crippen LogP contribution in [0.5, 0.6) is 5.75 Å². The number of piperidine rings is 1. The highest BCUT2D eigenvalue weighted by Gasteiger charge is 2.25. The largest absolute Gasteiger partial charge is 0.495 e. The molecule has 7 heteroatoms. The highest BCUT2D eigenvalue weighted by atomic mass is 19.1. The van der Waals surface area contributed by atoms with Crippen molar-refractivity contribution in [2.45, 2.75) is 45.8 Å². The minimum atomic E-state index is -0.580. The van der Waals surface area contributed by atoms with Crippen molar-refractivity contribution in [1.82, 2.24) is 14.5 Å². The summed E-state index contributed by atoms with van der Waals surface area (Å²) < 4.78 is 27.8. The number of nitrogens with zero attached hydrogens (tertiary/aromatic N) is 3. The van der Waals surface area contributed by atoms with Gasteiger partial charge in [0.25, 0.3) is 0 Å². The van der Waals surface area contributed by atoms with E-state index in [1.165, 1.54) is 6.07 Å². The Morgan fingerprint density at radius 2 is 1.97 bits per heavy atom. The van der Waals surface area contributed by atoms with Crippen LogP contribution in [-0.4, -0.2) is 41.1 Å². The molecule has 4 rings (SSSR count). The van der Waals surface area contributed by atoms with E-state index in [4.69, 9.17) is 9.47 Å². The van der Waals surface area contributed by atoms with Gasteiger partial charge in [-0.3, -0.25) is 4.79 Å². The minimum Gasteiger partial charge on any atom is -0.495 e. The predicted octanol–water partition coefficient (Wildman–Crippen LogP) is 5.42. The number of carbonyl (C=O) groups excluding carboxylic acids is 1. The van der Waals surface area contributed by atoms with Crippen molar-refractivity contribution in [2.24, 2.45) is 0 Å². The fourth-order valence-electron chi connectivity index (χ4n) is 4.28. The van der Waals surface area contributed by atoms with Gasteiger partial charge in [0.15, 0.2) is 0 Å². The Balaban J connectivity index is 1.54. The van der Waals surface area contributed by atoms with Crippen LogP contribution in [0.2, 0.25) is 0 Å². The van der Waals surface area contributed by atoms with Crippen LogP contribution in [0.4, 0.5) is 4.39 Å². The molecular formula is C28H32FN3O3. The van der Waals surface area contributed by atoms with Gasteiger partial charge in [0.1, 0.15) is 11.6 Å². The number of carbonyl (C=O) groups is 1. The number of methoxy groups -OCH3 is 2. The maximum Gasteiger partial charge on any atom is 0.250 e. The van der Waals surface area contributed by atoms with Gasteiger partial charge in [0.2, 0.25) is 5.91 Å². The molecule has 6 nitrogen and oxygen atoms in total. The first-order valence-electron chi connectivity index (χ1n) is 11.7. The van der Waals surface area contributed by atoms with Gasteiger partial charge < -0.3 is 18.9 Å². The van der Waals surface area contributed by atoms with Crippen molar-refractivity contribution in [3.8, 4) is 11.4 Å². The van der Waals surface area contributed by atoms with Crippen molar-refractivity contribution in [1.29, 1.82) is 0 Å². The van der Waals surface area contributed by atoms with Crippen molar-refractivity contribution in [3.63, 3.8) is 0 Å². The number of hydrogen-bond acceptors (Lipinski definition) is 4.